The van der Waals surface area contributed by atoms with Crippen molar-refractivity contribution >= 4 is 11.9 Å². The molecule has 116 valence electrons. The van der Waals surface area contributed by atoms with E-state index >= 15 is 0 Å². The molecule has 0 aromatic heterocycles. The molecule has 6 nitrogen and oxygen atoms in total. The number of carbonyl (C=O) groups excluding carboxylic acids is 1. The number of benzene rings is 1. The predicted molar refractivity (Wildman–Crippen MR) is 77.7 cm³/mol. The Bertz CT molecular complexity index is 501. The Morgan fingerprint density at radius 2 is 2.05 bits per heavy atom. The zero-order valence-electron chi connectivity index (χ0n) is 12.6. The number of ether oxygens (including phenoxy) is 2. The molecule has 0 aliphatic rings. The van der Waals surface area contributed by atoms with E-state index < -0.39 is 5.97 Å². The van der Waals surface area contributed by atoms with Crippen LogP contribution in [-0.4, -0.2) is 48.7 Å². The van der Waals surface area contributed by atoms with Crippen molar-refractivity contribution in [1.29, 1.82) is 0 Å². The van der Waals surface area contributed by atoms with Crippen molar-refractivity contribution in [1.82, 2.24) is 4.90 Å². The quantitative estimate of drug-likeness (QED) is 0.790. The van der Waals surface area contributed by atoms with Crippen LogP contribution in [0.2, 0.25) is 0 Å². The third-order valence-corrected chi connectivity index (χ3v) is 3.06. The molecule has 1 aromatic carbocycles. The van der Waals surface area contributed by atoms with Crippen LogP contribution in [0.4, 0.5) is 0 Å². The van der Waals surface area contributed by atoms with Gasteiger partial charge in [-0.3, -0.25) is 9.59 Å². The molecule has 0 atom stereocenters. The first-order valence-electron chi connectivity index (χ1n) is 6.75. The first kappa shape index (κ1) is 16.8. The predicted octanol–water partition coefficient (Wildman–Crippen LogP) is 1.71. The lowest BCUT2D eigenvalue weighted by Crippen LogP contribution is -2.36. The third kappa shape index (κ3) is 5.33. The van der Waals surface area contributed by atoms with Crippen molar-refractivity contribution in [2.45, 2.75) is 20.3 Å². The van der Waals surface area contributed by atoms with Gasteiger partial charge >= 0.3 is 5.97 Å². The number of carboxylic acid groups (broad SMARTS) is 1. The van der Waals surface area contributed by atoms with Crippen LogP contribution in [0.1, 0.15) is 18.9 Å². The van der Waals surface area contributed by atoms with Gasteiger partial charge in [-0.25, -0.2) is 0 Å². The molecule has 0 radical (unpaired) electrons. The van der Waals surface area contributed by atoms with Gasteiger partial charge in [-0.05, 0) is 37.6 Å². The molecule has 0 bridgehead atoms. The van der Waals surface area contributed by atoms with E-state index in [4.69, 9.17) is 14.6 Å². The van der Waals surface area contributed by atoms with Gasteiger partial charge in [-0.1, -0.05) is 0 Å². The van der Waals surface area contributed by atoms with Crippen molar-refractivity contribution in [3.8, 4) is 11.5 Å². The molecular formula is C15H21NO5. The Hall–Kier alpha value is -2.24. The number of methoxy groups -OCH3 is 1. The van der Waals surface area contributed by atoms with Crippen LogP contribution in [0, 0.1) is 6.92 Å². The molecule has 0 saturated heterocycles. The van der Waals surface area contributed by atoms with E-state index in [2.05, 4.69) is 0 Å². The summed E-state index contributed by atoms with van der Waals surface area (Å²) >= 11 is 0. The highest BCUT2D eigenvalue weighted by Gasteiger charge is 2.14. The fourth-order valence-corrected chi connectivity index (χ4v) is 1.87. The molecule has 1 amide bonds. The minimum atomic E-state index is -0.923. The topological polar surface area (TPSA) is 76.1 Å². The molecule has 1 rings (SSSR count). The lowest BCUT2D eigenvalue weighted by atomic mass is 10.2. The van der Waals surface area contributed by atoms with Gasteiger partial charge in [0.25, 0.3) is 5.91 Å². The standard InChI is InChI=1S/C15H21NO5/c1-4-16(8-7-15(18)19)14(17)10-21-12-5-6-13(20-3)11(2)9-12/h5-6,9H,4,7-8,10H2,1-3H3,(H,18,19). The SMILES string of the molecule is CCN(CCC(=O)O)C(=O)COc1ccc(OC)c(C)c1. The van der Waals surface area contributed by atoms with Gasteiger partial charge in [0.05, 0.1) is 13.5 Å². The normalized spacial score (nSPS) is 10.0. The Balaban J connectivity index is 2.54. The van der Waals surface area contributed by atoms with Gasteiger partial charge in [0, 0.05) is 13.1 Å². The molecule has 6 heteroatoms. The van der Waals surface area contributed by atoms with E-state index in [0.717, 1.165) is 11.3 Å². The summed E-state index contributed by atoms with van der Waals surface area (Å²) in [5, 5.41) is 8.65. The van der Waals surface area contributed by atoms with E-state index in [0.29, 0.717) is 12.3 Å². The number of aliphatic carboxylic acids is 1. The Kier molecular flexibility index (Phi) is 6.52. The maximum absolute atomic E-state index is 12.0. The summed E-state index contributed by atoms with van der Waals surface area (Å²) in [5.41, 5.74) is 0.917. The zero-order chi connectivity index (χ0) is 15.8. The fourth-order valence-electron chi connectivity index (χ4n) is 1.87. The van der Waals surface area contributed by atoms with Gasteiger partial charge in [-0.15, -0.1) is 0 Å². The first-order valence-corrected chi connectivity index (χ1v) is 6.75. The van der Waals surface area contributed by atoms with E-state index in [1.807, 2.05) is 6.92 Å². The van der Waals surface area contributed by atoms with Crippen LogP contribution in [0.3, 0.4) is 0 Å². The number of aryl methyl sites for hydroxylation is 1. The van der Waals surface area contributed by atoms with E-state index in [9.17, 15) is 9.59 Å². The molecule has 0 spiro atoms. The van der Waals surface area contributed by atoms with Crippen LogP contribution >= 0.6 is 0 Å². The molecule has 0 unspecified atom stereocenters. The summed E-state index contributed by atoms with van der Waals surface area (Å²) < 4.78 is 10.6. The largest absolute Gasteiger partial charge is 0.496 e. The molecule has 0 saturated carbocycles. The maximum atomic E-state index is 12.0. The van der Waals surface area contributed by atoms with E-state index in [1.165, 1.54) is 4.90 Å². The molecule has 0 heterocycles. The van der Waals surface area contributed by atoms with E-state index in [1.54, 1.807) is 32.2 Å². The number of likely N-dealkylation sites (N-methyl/N-ethyl adjacent to an activating group) is 1. The molecular weight excluding hydrogens is 274 g/mol. The molecule has 0 aliphatic carbocycles. The van der Waals surface area contributed by atoms with Crippen LogP contribution in [0.5, 0.6) is 11.5 Å². The number of carbonyl (C=O) groups is 2. The second-order valence-electron chi connectivity index (χ2n) is 4.54. The molecule has 0 aliphatic heterocycles. The number of hydrogen-bond donors (Lipinski definition) is 1. The number of nitrogens with zero attached hydrogens (tertiary/aromatic N) is 1. The summed E-state index contributed by atoms with van der Waals surface area (Å²) in [6.45, 7) is 4.22. The Morgan fingerprint density at radius 1 is 1.33 bits per heavy atom. The van der Waals surface area contributed by atoms with Gasteiger partial charge in [0.15, 0.2) is 6.61 Å². The highest BCUT2D eigenvalue weighted by Crippen LogP contribution is 2.22. The Morgan fingerprint density at radius 3 is 2.57 bits per heavy atom. The summed E-state index contributed by atoms with van der Waals surface area (Å²) in [6, 6.07) is 5.30. The zero-order valence-corrected chi connectivity index (χ0v) is 12.6. The smallest absolute Gasteiger partial charge is 0.305 e. The number of rotatable bonds is 8. The van der Waals surface area contributed by atoms with Crippen molar-refractivity contribution in [2.75, 3.05) is 26.8 Å². The fraction of sp³-hybridized carbons (Fsp3) is 0.467. The van der Waals surface area contributed by atoms with Gasteiger partial charge in [-0.2, -0.15) is 0 Å². The van der Waals surface area contributed by atoms with Gasteiger partial charge in [0.2, 0.25) is 0 Å². The van der Waals surface area contributed by atoms with Crippen molar-refractivity contribution in [3.63, 3.8) is 0 Å². The summed E-state index contributed by atoms with van der Waals surface area (Å²) in [7, 11) is 1.59. The Labute approximate surface area is 124 Å². The van der Waals surface area contributed by atoms with Crippen LogP contribution in [0.15, 0.2) is 18.2 Å². The number of hydrogen-bond acceptors (Lipinski definition) is 4. The van der Waals surface area contributed by atoms with Gasteiger partial charge in [0.1, 0.15) is 11.5 Å². The highest BCUT2D eigenvalue weighted by atomic mass is 16.5. The number of amides is 1. The van der Waals surface area contributed by atoms with Crippen molar-refractivity contribution < 1.29 is 24.2 Å². The molecule has 0 fully saturated rings. The summed E-state index contributed by atoms with van der Waals surface area (Å²) in [6.07, 6.45) is -0.0682. The van der Waals surface area contributed by atoms with Crippen molar-refractivity contribution in [3.05, 3.63) is 23.8 Å². The van der Waals surface area contributed by atoms with E-state index in [-0.39, 0.29) is 25.5 Å². The second kappa shape index (κ2) is 8.14. The average molecular weight is 295 g/mol. The lowest BCUT2D eigenvalue weighted by Gasteiger charge is -2.20. The van der Waals surface area contributed by atoms with Crippen LogP contribution < -0.4 is 9.47 Å². The monoisotopic (exact) mass is 295 g/mol. The molecule has 21 heavy (non-hydrogen) atoms. The van der Waals surface area contributed by atoms with Crippen molar-refractivity contribution in [2.24, 2.45) is 0 Å². The van der Waals surface area contributed by atoms with Crippen LogP contribution in [-0.2, 0) is 9.59 Å². The summed E-state index contributed by atoms with van der Waals surface area (Å²) in [4.78, 5) is 24.0. The second-order valence-corrected chi connectivity index (χ2v) is 4.54. The average Bonchev–Trinajstić information content (AvgIpc) is 2.45. The first-order chi connectivity index (χ1) is 9.97. The van der Waals surface area contributed by atoms with Gasteiger partial charge < -0.3 is 19.5 Å². The lowest BCUT2D eigenvalue weighted by molar-refractivity contribution is -0.139. The highest BCUT2D eigenvalue weighted by molar-refractivity contribution is 5.78. The number of carboxylic acids is 1. The minimum absolute atomic E-state index is 0.0682. The maximum Gasteiger partial charge on any atom is 0.305 e. The summed E-state index contributed by atoms with van der Waals surface area (Å²) in [5.74, 6) is 0.182. The molecule has 1 aromatic rings. The third-order valence-electron chi connectivity index (χ3n) is 3.06. The van der Waals surface area contributed by atoms with Crippen LogP contribution in [0.25, 0.3) is 0 Å². The minimum Gasteiger partial charge on any atom is -0.496 e. The molecule has 1 N–H and O–H groups in total.